The van der Waals surface area contributed by atoms with Crippen LogP contribution in [-0.4, -0.2) is 0 Å². The van der Waals surface area contributed by atoms with Crippen LogP contribution in [0.15, 0.2) is 28.1 Å². The molecule has 1 unspecified atom stereocenters. The van der Waals surface area contributed by atoms with E-state index in [-0.39, 0.29) is 0 Å². The van der Waals surface area contributed by atoms with Crippen molar-refractivity contribution in [3.05, 3.63) is 33.6 Å². The molecule has 0 radical (unpaired) electrons. The Labute approximate surface area is 124 Å². The molecule has 1 heterocycles. The number of thiophene rings is 1. The third-order valence-corrected chi connectivity index (χ3v) is 5.90. The topological polar surface area (TPSA) is 0 Å². The van der Waals surface area contributed by atoms with Crippen molar-refractivity contribution < 1.29 is 0 Å². The van der Waals surface area contributed by atoms with Gasteiger partial charge in [0.2, 0.25) is 0 Å². The lowest BCUT2D eigenvalue weighted by atomic mass is 10.1. The third kappa shape index (κ3) is 3.12. The van der Waals surface area contributed by atoms with Crippen LogP contribution in [0.25, 0.3) is 10.1 Å². The van der Waals surface area contributed by atoms with Gasteiger partial charge in [-0.2, -0.15) is 0 Å². The number of hydrogen-bond acceptors (Lipinski definition) is 1. The van der Waals surface area contributed by atoms with Crippen LogP contribution < -0.4 is 0 Å². The number of hydrogen-bond donors (Lipinski definition) is 0. The lowest BCUT2D eigenvalue weighted by Gasteiger charge is -2.08. The Morgan fingerprint density at radius 3 is 2.88 bits per heavy atom. The van der Waals surface area contributed by atoms with Gasteiger partial charge in [0.25, 0.3) is 0 Å². The molecule has 0 fully saturated rings. The van der Waals surface area contributed by atoms with Gasteiger partial charge >= 0.3 is 0 Å². The highest BCUT2D eigenvalue weighted by atomic mass is 79.9. The van der Waals surface area contributed by atoms with Crippen LogP contribution in [0.1, 0.15) is 43.0 Å². The molecule has 0 aliphatic rings. The minimum absolute atomic E-state index is 0.497. The predicted octanol–water partition coefficient (Wildman–Crippen LogP) is 6.68. The molecule has 1 aromatic heterocycles. The van der Waals surface area contributed by atoms with Crippen LogP contribution >= 0.6 is 43.2 Å². The van der Waals surface area contributed by atoms with Crippen molar-refractivity contribution in [2.24, 2.45) is 0 Å². The normalized spacial score (nSPS) is 13.1. The molecule has 0 aliphatic heterocycles. The predicted molar refractivity (Wildman–Crippen MR) is 85.3 cm³/mol. The highest BCUT2D eigenvalue weighted by molar-refractivity contribution is 9.10. The number of benzene rings is 1. The van der Waals surface area contributed by atoms with E-state index in [1.807, 2.05) is 11.3 Å². The Morgan fingerprint density at radius 1 is 1.29 bits per heavy atom. The smallest absolute Gasteiger partial charge is 0.0488 e. The minimum atomic E-state index is 0.497. The van der Waals surface area contributed by atoms with E-state index in [0.29, 0.717) is 4.83 Å². The summed E-state index contributed by atoms with van der Waals surface area (Å²) >= 11 is 9.28. The van der Waals surface area contributed by atoms with Gasteiger partial charge < -0.3 is 0 Å². The van der Waals surface area contributed by atoms with Crippen molar-refractivity contribution in [1.29, 1.82) is 0 Å². The summed E-state index contributed by atoms with van der Waals surface area (Å²) in [6.07, 6.45) is 5.15. The Balaban J connectivity index is 2.21. The van der Waals surface area contributed by atoms with E-state index in [2.05, 4.69) is 62.4 Å². The largest absolute Gasteiger partial charge is 0.142 e. The van der Waals surface area contributed by atoms with Crippen LogP contribution in [0.4, 0.5) is 0 Å². The highest BCUT2D eigenvalue weighted by Crippen LogP contribution is 2.39. The van der Waals surface area contributed by atoms with E-state index in [1.165, 1.54) is 45.8 Å². The Morgan fingerprint density at radius 2 is 2.12 bits per heavy atom. The second-order valence-electron chi connectivity index (χ2n) is 4.27. The first-order valence-electron chi connectivity index (χ1n) is 6.03. The summed E-state index contributed by atoms with van der Waals surface area (Å²) in [4.78, 5) is 0.497. The molecule has 2 rings (SSSR count). The maximum atomic E-state index is 3.83. The third-order valence-electron chi connectivity index (χ3n) is 2.98. The van der Waals surface area contributed by atoms with Crippen molar-refractivity contribution in [3.8, 4) is 0 Å². The second-order valence-corrected chi connectivity index (χ2v) is 7.11. The SMILES string of the molecule is CCCCCC(Br)c1csc2c(Br)cccc12. The number of alkyl halides is 1. The number of fused-ring (bicyclic) bond motifs is 1. The molecule has 0 amide bonds. The summed E-state index contributed by atoms with van der Waals surface area (Å²) in [6.45, 7) is 2.25. The van der Waals surface area contributed by atoms with Crippen LogP contribution in [0.3, 0.4) is 0 Å². The van der Waals surface area contributed by atoms with Crippen molar-refractivity contribution in [1.82, 2.24) is 0 Å². The molecule has 0 spiro atoms. The first kappa shape index (κ1) is 13.6. The highest BCUT2D eigenvalue weighted by Gasteiger charge is 2.13. The summed E-state index contributed by atoms with van der Waals surface area (Å²) in [5.74, 6) is 0. The van der Waals surface area contributed by atoms with Gasteiger partial charge in [-0.3, -0.25) is 0 Å². The molecule has 0 N–H and O–H groups in total. The molecule has 1 aromatic carbocycles. The zero-order valence-electron chi connectivity index (χ0n) is 9.88. The molecular formula is C14H16Br2S. The summed E-state index contributed by atoms with van der Waals surface area (Å²) in [6, 6.07) is 6.46. The summed E-state index contributed by atoms with van der Waals surface area (Å²) in [5.41, 5.74) is 1.45. The van der Waals surface area contributed by atoms with Gasteiger partial charge in [-0.1, -0.05) is 54.2 Å². The zero-order valence-corrected chi connectivity index (χ0v) is 13.9. The number of halogens is 2. The van der Waals surface area contributed by atoms with Crippen LogP contribution in [0.5, 0.6) is 0 Å². The molecule has 0 nitrogen and oxygen atoms in total. The van der Waals surface area contributed by atoms with Gasteiger partial charge in [0.05, 0.1) is 0 Å². The van der Waals surface area contributed by atoms with E-state index >= 15 is 0 Å². The van der Waals surface area contributed by atoms with E-state index in [4.69, 9.17) is 0 Å². The molecule has 1 atom stereocenters. The molecular weight excluding hydrogens is 360 g/mol. The average Bonchev–Trinajstić information content (AvgIpc) is 2.74. The number of rotatable bonds is 5. The fraction of sp³-hybridized carbons (Fsp3) is 0.429. The first-order chi connectivity index (χ1) is 8.24. The lowest BCUT2D eigenvalue weighted by Crippen LogP contribution is -1.88. The average molecular weight is 376 g/mol. The maximum Gasteiger partial charge on any atom is 0.0488 e. The maximum absolute atomic E-state index is 3.83. The monoisotopic (exact) mass is 374 g/mol. The first-order valence-corrected chi connectivity index (χ1v) is 8.62. The van der Waals surface area contributed by atoms with Crippen LogP contribution in [0.2, 0.25) is 0 Å². The van der Waals surface area contributed by atoms with Crippen molar-refractivity contribution in [3.63, 3.8) is 0 Å². The Hall–Kier alpha value is 0.140. The molecule has 3 heteroatoms. The second kappa shape index (κ2) is 6.35. The van der Waals surface area contributed by atoms with E-state index in [9.17, 15) is 0 Å². The van der Waals surface area contributed by atoms with Crippen LogP contribution in [0, 0.1) is 0 Å². The lowest BCUT2D eigenvalue weighted by molar-refractivity contribution is 0.666. The van der Waals surface area contributed by atoms with Crippen molar-refractivity contribution >= 4 is 53.3 Å². The Bertz CT molecular complexity index is 490. The fourth-order valence-corrected chi connectivity index (χ4v) is 4.57. The van der Waals surface area contributed by atoms with Crippen molar-refractivity contribution in [2.45, 2.75) is 37.4 Å². The standard InChI is InChI=1S/C14H16Br2S/c1-2-3-4-7-12(15)11-9-17-14-10(11)6-5-8-13(14)16/h5-6,8-9,12H,2-4,7H2,1H3. The minimum Gasteiger partial charge on any atom is -0.142 e. The molecule has 17 heavy (non-hydrogen) atoms. The van der Waals surface area contributed by atoms with E-state index in [1.54, 1.807) is 0 Å². The van der Waals surface area contributed by atoms with Gasteiger partial charge in [-0.15, -0.1) is 11.3 Å². The summed E-state index contributed by atoms with van der Waals surface area (Å²) < 4.78 is 2.57. The molecule has 92 valence electrons. The number of unbranched alkanes of at least 4 members (excludes halogenated alkanes) is 2. The van der Waals surface area contributed by atoms with E-state index < -0.39 is 0 Å². The fourth-order valence-electron chi connectivity index (χ4n) is 2.01. The summed E-state index contributed by atoms with van der Waals surface area (Å²) in [7, 11) is 0. The van der Waals surface area contributed by atoms with Gasteiger partial charge in [0.15, 0.2) is 0 Å². The van der Waals surface area contributed by atoms with E-state index in [0.717, 1.165) is 0 Å². The van der Waals surface area contributed by atoms with Crippen molar-refractivity contribution in [2.75, 3.05) is 0 Å². The van der Waals surface area contributed by atoms with Gasteiger partial charge in [0, 0.05) is 14.0 Å². The van der Waals surface area contributed by atoms with Gasteiger partial charge in [0.1, 0.15) is 0 Å². The quantitative estimate of drug-likeness (QED) is 0.403. The molecule has 0 bridgehead atoms. The molecule has 2 aromatic rings. The zero-order chi connectivity index (χ0) is 12.3. The molecule has 0 saturated heterocycles. The summed E-state index contributed by atoms with van der Waals surface area (Å²) in [5, 5.41) is 3.68. The van der Waals surface area contributed by atoms with Gasteiger partial charge in [-0.25, -0.2) is 0 Å². The molecule has 0 saturated carbocycles. The Kier molecular flexibility index (Phi) is 5.07. The van der Waals surface area contributed by atoms with Gasteiger partial charge in [-0.05, 0) is 44.7 Å². The molecule has 0 aliphatic carbocycles. The van der Waals surface area contributed by atoms with Crippen LogP contribution in [-0.2, 0) is 0 Å².